The summed E-state index contributed by atoms with van der Waals surface area (Å²) in [5.74, 6) is 0.904. The molecule has 0 aliphatic rings. The van der Waals surface area contributed by atoms with E-state index in [1.807, 2.05) is 18.2 Å². The third kappa shape index (κ3) is 3.79. The van der Waals surface area contributed by atoms with Gasteiger partial charge in [-0.05, 0) is 40.5 Å². The van der Waals surface area contributed by atoms with Crippen molar-refractivity contribution in [3.63, 3.8) is 0 Å². The maximum Gasteiger partial charge on any atom is 0.132 e. The number of methoxy groups -OCH3 is 1. The van der Waals surface area contributed by atoms with Gasteiger partial charge < -0.3 is 10.5 Å². The first-order chi connectivity index (χ1) is 9.65. The molecule has 0 saturated carbocycles. The molecule has 1 heterocycles. The predicted octanol–water partition coefficient (Wildman–Crippen LogP) is 5.09. The fourth-order valence-corrected chi connectivity index (χ4v) is 4.96. The SMILES string of the molecule is CCC(N)C(Sc1ccccc1OC)c1cc(Br)cs1. The van der Waals surface area contributed by atoms with Crippen LogP contribution in [0, 0.1) is 0 Å². The number of hydrogen-bond acceptors (Lipinski definition) is 4. The molecule has 2 N–H and O–H groups in total. The lowest BCUT2D eigenvalue weighted by Gasteiger charge is -2.22. The second kappa shape index (κ2) is 7.50. The Morgan fingerprint density at radius 3 is 2.75 bits per heavy atom. The van der Waals surface area contributed by atoms with Gasteiger partial charge in [-0.25, -0.2) is 0 Å². The maximum absolute atomic E-state index is 6.33. The van der Waals surface area contributed by atoms with Gasteiger partial charge in [0.15, 0.2) is 0 Å². The largest absolute Gasteiger partial charge is 0.496 e. The third-order valence-corrected chi connectivity index (χ3v) is 6.43. The van der Waals surface area contributed by atoms with Crippen molar-refractivity contribution in [2.45, 2.75) is 29.5 Å². The van der Waals surface area contributed by atoms with Crippen LogP contribution in [0.4, 0.5) is 0 Å². The average molecular weight is 372 g/mol. The highest BCUT2D eigenvalue weighted by Gasteiger charge is 2.22. The van der Waals surface area contributed by atoms with Gasteiger partial charge in [-0.1, -0.05) is 19.1 Å². The van der Waals surface area contributed by atoms with E-state index in [0.717, 1.165) is 21.5 Å². The fourth-order valence-electron chi connectivity index (χ4n) is 1.90. The quantitative estimate of drug-likeness (QED) is 0.718. The van der Waals surface area contributed by atoms with Crippen molar-refractivity contribution >= 4 is 39.0 Å². The van der Waals surface area contributed by atoms with E-state index in [2.05, 4.69) is 40.4 Å². The van der Waals surface area contributed by atoms with Crippen molar-refractivity contribution in [2.75, 3.05) is 7.11 Å². The van der Waals surface area contributed by atoms with Gasteiger partial charge in [-0.15, -0.1) is 23.1 Å². The van der Waals surface area contributed by atoms with Crippen molar-refractivity contribution in [1.29, 1.82) is 0 Å². The number of thioether (sulfide) groups is 1. The molecule has 1 aromatic heterocycles. The minimum absolute atomic E-state index is 0.121. The van der Waals surface area contributed by atoms with Gasteiger partial charge in [0.05, 0.1) is 17.3 Å². The molecule has 0 fully saturated rings. The zero-order valence-electron chi connectivity index (χ0n) is 11.5. The van der Waals surface area contributed by atoms with Crippen molar-refractivity contribution < 1.29 is 4.74 Å². The van der Waals surface area contributed by atoms with Gasteiger partial charge >= 0.3 is 0 Å². The van der Waals surface area contributed by atoms with Gasteiger partial charge in [0.2, 0.25) is 0 Å². The number of halogens is 1. The van der Waals surface area contributed by atoms with E-state index in [1.54, 1.807) is 30.2 Å². The number of rotatable bonds is 6. The minimum Gasteiger partial charge on any atom is -0.496 e. The van der Waals surface area contributed by atoms with Crippen LogP contribution in [0.5, 0.6) is 5.75 Å². The van der Waals surface area contributed by atoms with Crippen molar-refractivity contribution in [3.8, 4) is 5.75 Å². The topological polar surface area (TPSA) is 35.2 Å². The molecule has 2 unspecified atom stereocenters. The van der Waals surface area contributed by atoms with Crippen LogP contribution in [0.25, 0.3) is 0 Å². The zero-order valence-corrected chi connectivity index (χ0v) is 14.7. The van der Waals surface area contributed by atoms with Crippen LogP contribution in [0.15, 0.2) is 45.1 Å². The number of para-hydroxylation sites is 1. The molecule has 2 atom stereocenters. The number of hydrogen-bond donors (Lipinski definition) is 1. The number of benzene rings is 1. The van der Waals surface area contributed by atoms with E-state index in [9.17, 15) is 0 Å². The van der Waals surface area contributed by atoms with Gasteiger partial charge in [0.1, 0.15) is 5.75 Å². The molecule has 0 aliphatic heterocycles. The van der Waals surface area contributed by atoms with Crippen LogP contribution in [0.3, 0.4) is 0 Å². The smallest absolute Gasteiger partial charge is 0.132 e. The average Bonchev–Trinajstić information content (AvgIpc) is 2.90. The Morgan fingerprint density at radius 1 is 1.40 bits per heavy atom. The monoisotopic (exact) mass is 371 g/mol. The molecule has 0 spiro atoms. The highest BCUT2D eigenvalue weighted by atomic mass is 79.9. The van der Waals surface area contributed by atoms with E-state index in [4.69, 9.17) is 10.5 Å². The minimum atomic E-state index is 0.121. The molecule has 2 aromatic rings. The molecular weight excluding hydrogens is 354 g/mol. The first-order valence-electron chi connectivity index (χ1n) is 6.45. The predicted molar refractivity (Wildman–Crippen MR) is 91.9 cm³/mol. The first kappa shape index (κ1) is 15.9. The van der Waals surface area contributed by atoms with E-state index in [1.165, 1.54) is 4.88 Å². The highest BCUT2D eigenvalue weighted by Crippen LogP contribution is 2.44. The van der Waals surface area contributed by atoms with Crippen molar-refractivity contribution in [1.82, 2.24) is 0 Å². The van der Waals surface area contributed by atoms with Crippen LogP contribution in [-0.2, 0) is 0 Å². The number of ether oxygens (including phenoxy) is 1. The Morgan fingerprint density at radius 2 is 2.15 bits per heavy atom. The van der Waals surface area contributed by atoms with Crippen molar-refractivity contribution in [3.05, 3.63) is 45.1 Å². The lowest BCUT2D eigenvalue weighted by molar-refractivity contribution is 0.404. The zero-order chi connectivity index (χ0) is 14.5. The second-order valence-corrected chi connectivity index (χ2v) is 7.47. The van der Waals surface area contributed by atoms with E-state index in [0.29, 0.717) is 0 Å². The Balaban J connectivity index is 2.28. The summed E-state index contributed by atoms with van der Waals surface area (Å²) in [6.07, 6.45) is 0.947. The Labute approximate surface area is 136 Å². The Hall–Kier alpha value is -0.490. The van der Waals surface area contributed by atoms with Gasteiger partial charge in [-0.3, -0.25) is 0 Å². The molecule has 0 saturated heterocycles. The summed E-state index contributed by atoms with van der Waals surface area (Å²) in [4.78, 5) is 2.43. The number of thiophene rings is 1. The molecule has 0 radical (unpaired) electrons. The van der Waals surface area contributed by atoms with Crippen LogP contribution in [0.2, 0.25) is 0 Å². The molecule has 0 aliphatic carbocycles. The Kier molecular flexibility index (Phi) is 5.96. The molecule has 2 nitrogen and oxygen atoms in total. The lowest BCUT2D eigenvalue weighted by Crippen LogP contribution is -2.25. The van der Waals surface area contributed by atoms with E-state index >= 15 is 0 Å². The fraction of sp³-hybridized carbons (Fsp3) is 0.333. The van der Waals surface area contributed by atoms with Gasteiger partial charge in [0, 0.05) is 20.8 Å². The molecule has 0 amide bonds. The van der Waals surface area contributed by atoms with Gasteiger partial charge in [0.25, 0.3) is 0 Å². The number of nitrogens with two attached hydrogens (primary N) is 1. The summed E-state index contributed by atoms with van der Waals surface area (Å²) >= 11 is 7.04. The summed E-state index contributed by atoms with van der Waals surface area (Å²) < 4.78 is 6.55. The standard InChI is InChI=1S/C15H18BrNOS2/c1-3-11(17)15(14-8-10(16)9-19-14)20-13-7-5-4-6-12(13)18-2/h4-9,11,15H,3,17H2,1-2H3. The highest BCUT2D eigenvalue weighted by molar-refractivity contribution is 9.10. The summed E-state index contributed by atoms with van der Waals surface area (Å²) in [7, 11) is 1.70. The van der Waals surface area contributed by atoms with Crippen LogP contribution in [0.1, 0.15) is 23.5 Å². The molecule has 5 heteroatoms. The normalized spacial score (nSPS) is 14.0. The summed E-state index contributed by atoms with van der Waals surface area (Å²) in [6, 6.07) is 10.4. The molecule has 108 valence electrons. The van der Waals surface area contributed by atoms with E-state index in [-0.39, 0.29) is 11.3 Å². The maximum atomic E-state index is 6.33. The Bertz CT molecular complexity index is 558. The van der Waals surface area contributed by atoms with Crippen molar-refractivity contribution in [2.24, 2.45) is 5.73 Å². The molecular formula is C15H18BrNOS2. The molecule has 0 bridgehead atoms. The summed E-state index contributed by atoms with van der Waals surface area (Å²) in [5, 5.41) is 2.35. The van der Waals surface area contributed by atoms with Gasteiger partial charge in [-0.2, -0.15) is 0 Å². The van der Waals surface area contributed by atoms with Crippen LogP contribution >= 0.6 is 39.0 Å². The van der Waals surface area contributed by atoms with Crippen LogP contribution in [-0.4, -0.2) is 13.2 Å². The first-order valence-corrected chi connectivity index (χ1v) is 9.00. The molecule has 20 heavy (non-hydrogen) atoms. The molecule has 2 rings (SSSR count). The van der Waals surface area contributed by atoms with Crippen LogP contribution < -0.4 is 10.5 Å². The lowest BCUT2D eigenvalue weighted by atomic mass is 10.1. The molecule has 1 aromatic carbocycles. The summed E-state index contributed by atoms with van der Waals surface area (Å²) in [6.45, 7) is 2.13. The second-order valence-electron chi connectivity index (χ2n) is 4.43. The van der Waals surface area contributed by atoms with E-state index < -0.39 is 0 Å². The summed E-state index contributed by atoms with van der Waals surface area (Å²) in [5.41, 5.74) is 6.33. The third-order valence-electron chi connectivity index (χ3n) is 3.05.